The van der Waals surface area contributed by atoms with Crippen molar-refractivity contribution in [2.75, 3.05) is 11.5 Å². The molecule has 0 saturated carbocycles. The summed E-state index contributed by atoms with van der Waals surface area (Å²) >= 11 is 0.964. The Kier molecular flexibility index (Phi) is 5.12. The maximum atomic E-state index is 12.4. The van der Waals surface area contributed by atoms with Crippen molar-refractivity contribution in [2.45, 2.75) is 11.1 Å². The van der Waals surface area contributed by atoms with Gasteiger partial charge in [0.2, 0.25) is 9.05 Å². The van der Waals surface area contributed by atoms with E-state index in [0.29, 0.717) is 0 Å². The molecule has 0 heterocycles. The smallest absolute Gasteiger partial charge is 0.212 e. The second-order valence-electron chi connectivity index (χ2n) is 3.41. The molecule has 104 valence electrons. The highest BCUT2D eigenvalue weighted by Crippen LogP contribution is 2.32. The van der Waals surface area contributed by atoms with Crippen LogP contribution in [0, 0.1) is 11.3 Å². The van der Waals surface area contributed by atoms with Gasteiger partial charge in [-0.3, -0.25) is 0 Å². The van der Waals surface area contributed by atoms with Crippen molar-refractivity contribution in [3.8, 4) is 6.07 Å². The molecular formula is C10H7ClF3NO2S2. The lowest BCUT2D eigenvalue weighted by Crippen LogP contribution is -2.05. The average molecular weight is 330 g/mol. The number of alkyl halides is 3. The van der Waals surface area contributed by atoms with Crippen molar-refractivity contribution < 1.29 is 21.6 Å². The van der Waals surface area contributed by atoms with Gasteiger partial charge in [-0.15, -0.1) is 11.8 Å². The molecule has 0 fully saturated rings. The molecule has 3 nitrogen and oxygen atoms in total. The average Bonchev–Trinajstić information content (AvgIpc) is 2.26. The first-order valence-corrected chi connectivity index (χ1v) is 8.26. The summed E-state index contributed by atoms with van der Waals surface area (Å²) in [5.41, 5.74) is -1.06. The predicted octanol–water partition coefficient (Wildman–Crippen LogP) is 3.24. The summed E-state index contributed by atoms with van der Waals surface area (Å²) < 4.78 is 58.7. The Bertz CT molecular complexity index is 608. The van der Waals surface area contributed by atoms with E-state index in [2.05, 4.69) is 0 Å². The molecule has 0 spiro atoms. The van der Waals surface area contributed by atoms with Crippen LogP contribution >= 0.6 is 22.4 Å². The van der Waals surface area contributed by atoms with E-state index in [1.54, 1.807) is 6.07 Å². The second-order valence-corrected chi connectivity index (χ2v) is 7.45. The highest BCUT2D eigenvalue weighted by atomic mass is 35.7. The Hall–Kier alpha value is -0.910. The van der Waals surface area contributed by atoms with Gasteiger partial charge in [-0.05, 0) is 18.2 Å². The van der Waals surface area contributed by atoms with Crippen molar-refractivity contribution in [2.24, 2.45) is 0 Å². The normalized spacial score (nSPS) is 12.2. The van der Waals surface area contributed by atoms with Crippen molar-refractivity contribution >= 4 is 31.5 Å². The van der Waals surface area contributed by atoms with Crippen LogP contribution in [0.4, 0.5) is 13.2 Å². The molecule has 0 amide bonds. The topological polar surface area (TPSA) is 57.9 Å². The first-order chi connectivity index (χ1) is 8.63. The van der Waals surface area contributed by atoms with Gasteiger partial charge in [0.25, 0.3) is 0 Å². The Labute approximate surface area is 116 Å². The summed E-state index contributed by atoms with van der Waals surface area (Å²) in [6.45, 7) is 0. The minimum absolute atomic E-state index is 0.0614. The van der Waals surface area contributed by atoms with E-state index in [-0.39, 0.29) is 22.0 Å². The minimum Gasteiger partial charge on any atom is -0.212 e. The Morgan fingerprint density at radius 1 is 1.37 bits per heavy atom. The quantitative estimate of drug-likeness (QED) is 0.628. The van der Waals surface area contributed by atoms with E-state index in [0.717, 1.165) is 30.0 Å². The number of benzene rings is 1. The van der Waals surface area contributed by atoms with Crippen LogP contribution in [0.5, 0.6) is 0 Å². The fourth-order valence-electron chi connectivity index (χ4n) is 1.17. The summed E-state index contributed by atoms with van der Waals surface area (Å²) in [4.78, 5) is 0.288. The zero-order valence-electron chi connectivity index (χ0n) is 9.24. The van der Waals surface area contributed by atoms with Gasteiger partial charge in [-0.1, -0.05) is 0 Å². The van der Waals surface area contributed by atoms with Gasteiger partial charge in [0, 0.05) is 21.3 Å². The summed E-state index contributed by atoms with van der Waals surface area (Å²) in [6, 6.07) is 4.38. The van der Waals surface area contributed by atoms with E-state index in [4.69, 9.17) is 15.9 Å². The van der Waals surface area contributed by atoms with Crippen LogP contribution in [0.25, 0.3) is 0 Å². The third kappa shape index (κ3) is 5.30. The minimum atomic E-state index is -4.52. The third-order valence-electron chi connectivity index (χ3n) is 2.01. The van der Waals surface area contributed by atoms with Crippen molar-refractivity contribution in [1.82, 2.24) is 0 Å². The second kappa shape index (κ2) is 6.03. The number of halogens is 4. The van der Waals surface area contributed by atoms with Crippen molar-refractivity contribution in [1.29, 1.82) is 5.26 Å². The van der Waals surface area contributed by atoms with Gasteiger partial charge < -0.3 is 0 Å². The molecule has 19 heavy (non-hydrogen) atoms. The van der Waals surface area contributed by atoms with Gasteiger partial charge in [0.05, 0.1) is 16.9 Å². The summed E-state index contributed by atoms with van der Waals surface area (Å²) in [6.07, 6.45) is -4.52. The molecule has 0 atom stereocenters. The number of hydrogen-bond donors (Lipinski definition) is 0. The van der Waals surface area contributed by atoms with Crippen LogP contribution < -0.4 is 0 Å². The molecule has 0 aliphatic heterocycles. The zero-order valence-corrected chi connectivity index (χ0v) is 11.6. The maximum absolute atomic E-state index is 12.4. The van der Waals surface area contributed by atoms with Crippen LogP contribution in [0.15, 0.2) is 23.1 Å². The van der Waals surface area contributed by atoms with Crippen LogP contribution in [-0.2, 0) is 15.2 Å². The third-order valence-corrected chi connectivity index (χ3v) is 4.50. The Morgan fingerprint density at radius 2 is 2.00 bits per heavy atom. The van der Waals surface area contributed by atoms with Crippen molar-refractivity contribution in [3.05, 3.63) is 29.3 Å². The zero-order chi connectivity index (χ0) is 14.7. The van der Waals surface area contributed by atoms with Crippen LogP contribution in [-0.4, -0.2) is 19.9 Å². The monoisotopic (exact) mass is 329 g/mol. The molecule has 0 bridgehead atoms. The first-order valence-electron chi connectivity index (χ1n) is 4.80. The number of nitrogens with zero attached hydrogens (tertiary/aromatic N) is 1. The Balaban J connectivity index is 2.89. The molecule has 1 aromatic rings. The lowest BCUT2D eigenvalue weighted by Gasteiger charge is -2.09. The van der Waals surface area contributed by atoms with Gasteiger partial charge in [0.15, 0.2) is 0 Å². The van der Waals surface area contributed by atoms with E-state index in [1.165, 1.54) is 0 Å². The highest BCUT2D eigenvalue weighted by Gasteiger charge is 2.31. The van der Waals surface area contributed by atoms with Crippen LogP contribution in [0.3, 0.4) is 0 Å². The first kappa shape index (κ1) is 16.1. The molecule has 9 heteroatoms. The molecule has 0 N–H and O–H groups in total. The lowest BCUT2D eigenvalue weighted by atomic mass is 10.1. The molecule has 0 aliphatic carbocycles. The van der Waals surface area contributed by atoms with Gasteiger partial charge in [0.1, 0.15) is 6.07 Å². The van der Waals surface area contributed by atoms with Crippen LogP contribution in [0.1, 0.15) is 11.1 Å². The molecule has 0 unspecified atom stereocenters. The van der Waals surface area contributed by atoms with E-state index < -0.39 is 20.8 Å². The van der Waals surface area contributed by atoms with Gasteiger partial charge in [-0.25, -0.2) is 8.42 Å². The predicted molar refractivity (Wildman–Crippen MR) is 66.5 cm³/mol. The van der Waals surface area contributed by atoms with Crippen molar-refractivity contribution in [3.63, 3.8) is 0 Å². The SMILES string of the molecule is N#Cc1cc(C(F)(F)F)ccc1SCCS(=O)(=O)Cl. The summed E-state index contributed by atoms with van der Waals surface area (Å²) in [5.74, 6) is -0.267. The molecule has 1 rings (SSSR count). The van der Waals surface area contributed by atoms with E-state index >= 15 is 0 Å². The summed E-state index contributed by atoms with van der Waals surface area (Å²) in [7, 11) is 1.35. The van der Waals surface area contributed by atoms with E-state index in [1.807, 2.05) is 0 Å². The summed E-state index contributed by atoms with van der Waals surface area (Å²) in [5, 5.41) is 8.79. The van der Waals surface area contributed by atoms with Gasteiger partial charge in [-0.2, -0.15) is 18.4 Å². The van der Waals surface area contributed by atoms with E-state index in [9.17, 15) is 21.6 Å². The van der Waals surface area contributed by atoms with Crippen LogP contribution in [0.2, 0.25) is 0 Å². The maximum Gasteiger partial charge on any atom is 0.416 e. The fourth-order valence-corrected chi connectivity index (χ4v) is 3.51. The molecule has 0 saturated heterocycles. The van der Waals surface area contributed by atoms with Gasteiger partial charge >= 0.3 is 6.18 Å². The fraction of sp³-hybridized carbons (Fsp3) is 0.300. The largest absolute Gasteiger partial charge is 0.416 e. The number of thioether (sulfide) groups is 1. The molecular weight excluding hydrogens is 323 g/mol. The standard InChI is InChI=1S/C10H7ClF3NO2S2/c11-19(16,17)4-3-18-9-2-1-8(10(12,13)14)5-7(9)6-15/h1-2,5H,3-4H2. The molecule has 0 aliphatic rings. The Morgan fingerprint density at radius 3 is 2.47 bits per heavy atom. The highest BCUT2D eigenvalue weighted by molar-refractivity contribution is 8.14. The molecule has 1 aromatic carbocycles. The molecule has 0 aromatic heterocycles. The number of hydrogen-bond acceptors (Lipinski definition) is 4. The lowest BCUT2D eigenvalue weighted by molar-refractivity contribution is -0.137. The number of rotatable bonds is 4. The molecule has 0 radical (unpaired) electrons. The number of nitriles is 1.